The summed E-state index contributed by atoms with van der Waals surface area (Å²) in [5, 5.41) is 2.53. The molecule has 0 aromatic heterocycles. The van der Waals surface area contributed by atoms with Crippen LogP contribution in [0.15, 0.2) is 30.3 Å². The Hall–Kier alpha value is -2.57. The van der Waals surface area contributed by atoms with Crippen molar-refractivity contribution in [3.8, 4) is 0 Å². The van der Waals surface area contributed by atoms with E-state index >= 15 is 0 Å². The fourth-order valence-corrected chi connectivity index (χ4v) is 2.98. The molecule has 0 unspecified atom stereocenters. The van der Waals surface area contributed by atoms with Crippen LogP contribution >= 0.6 is 0 Å². The van der Waals surface area contributed by atoms with Crippen LogP contribution in [0.4, 0.5) is 4.79 Å². The molecule has 0 radical (unpaired) electrons. The summed E-state index contributed by atoms with van der Waals surface area (Å²) < 4.78 is 10.0. The summed E-state index contributed by atoms with van der Waals surface area (Å²) in [6.07, 6.45) is -0.737. The van der Waals surface area contributed by atoms with Gasteiger partial charge in [0.2, 0.25) is 5.91 Å². The van der Waals surface area contributed by atoms with Crippen LogP contribution in [0, 0.1) is 5.92 Å². The first-order valence-electron chi connectivity index (χ1n) is 8.57. The van der Waals surface area contributed by atoms with Crippen LogP contribution in [0.5, 0.6) is 0 Å². The highest BCUT2D eigenvalue weighted by Gasteiger charge is 2.47. The SMILES string of the molecule is COC(=O)[C@H]1CN([C@@H](C)c2ccccc2)C(=O)[C@@H]1NC(=O)OC(C)(C)C. The van der Waals surface area contributed by atoms with Crippen LogP contribution in [0.25, 0.3) is 0 Å². The predicted molar refractivity (Wildman–Crippen MR) is 95.2 cm³/mol. The monoisotopic (exact) mass is 362 g/mol. The Kier molecular flexibility index (Phi) is 5.90. The van der Waals surface area contributed by atoms with Crippen molar-refractivity contribution in [1.29, 1.82) is 0 Å². The van der Waals surface area contributed by atoms with Gasteiger partial charge in [-0.2, -0.15) is 0 Å². The molecule has 7 nitrogen and oxygen atoms in total. The van der Waals surface area contributed by atoms with E-state index in [1.54, 1.807) is 25.7 Å². The lowest BCUT2D eigenvalue weighted by Gasteiger charge is -2.25. The number of rotatable bonds is 4. The van der Waals surface area contributed by atoms with E-state index in [1.165, 1.54) is 7.11 Å². The van der Waals surface area contributed by atoms with Gasteiger partial charge in [0.05, 0.1) is 13.2 Å². The number of hydrogen-bond acceptors (Lipinski definition) is 5. The number of nitrogens with zero attached hydrogens (tertiary/aromatic N) is 1. The Labute approximate surface area is 153 Å². The molecule has 1 fully saturated rings. The summed E-state index contributed by atoms with van der Waals surface area (Å²) in [6, 6.07) is 8.26. The third-order valence-electron chi connectivity index (χ3n) is 4.27. The van der Waals surface area contributed by atoms with Gasteiger partial charge in [0.15, 0.2) is 0 Å². The lowest BCUT2D eigenvalue weighted by molar-refractivity contribution is -0.146. The second kappa shape index (κ2) is 7.76. The number of methoxy groups -OCH3 is 1. The average molecular weight is 362 g/mol. The third-order valence-corrected chi connectivity index (χ3v) is 4.27. The van der Waals surface area contributed by atoms with Gasteiger partial charge < -0.3 is 19.7 Å². The molecule has 2 rings (SSSR count). The van der Waals surface area contributed by atoms with E-state index in [9.17, 15) is 14.4 Å². The van der Waals surface area contributed by atoms with Crippen molar-refractivity contribution in [3.63, 3.8) is 0 Å². The number of esters is 1. The Morgan fingerprint density at radius 2 is 1.85 bits per heavy atom. The zero-order valence-electron chi connectivity index (χ0n) is 15.8. The number of ether oxygens (including phenoxy) is 2. The first-order valence-corrected chi connectivity index (χ1v) is 8.57. The van der Waals surface area contributed by atoms with E-state index < -0.39 is 29.6 Å². The molecule has 7 heteroatoms. The number of benzene rings is 1. The average Bonchev–Trinajstić information content (AvgIpc) is 2.89. The van der Waals surface area contributed by atoms with Gasteiger partial charge in [-0.1, -0.05) is 30.3 Å². The van der Waals surface area contributed by atoms with Crippen molar-refractivity contribution in [2.75, 3.05) is 13.7 Å². The second-order valence-corrected chi connectivity index (χ2v) is 7.33. The maximum atomic E-state index is 12.9. The molecule has 1 aromatic rings. The van der Waals surface area contributed by atoms with E-state index in [0.717, 1.165) is 5.56 Å². The van der Waals surface area contributed by atoms with Gasteiger partial charge >= 0.3 is 12.1 Å². The minimum absolute atomic E-state index is 0.169. The van der Waals surface area contributed by atoms with E-state index in [0.29, 0.717) is 0 Å². The van der Waals surface area contributed by atoms with Crippen LogP contribution in [-0.4, -0.2) is 48.2 Å². The Morgan fingerprint density at radius 3 is 2.38 bits per heavy atom. The van der Waals surface area contributed by atoms with Gasteiger partial charge in [0.1, 0.15) is 17.6 Å². The number of alkyl carbamates (subject to hydrolysis) is 1. The number of nitrogens with one attached hydrogen (secondary N) is 1. The molecule has 2 amide bonds. The smallest absolute Gasteiger partial charge is 0.408 e. The number of hydrogen-bond donors (Lipinski definition) is 1. The van der Waals surface area contributed by atoms with E-state index in [-0.39, 0.29) is 18.5 Å². The molecule has 26 heavy (non-hydrogen) atoms. The summed E-state index contributed by atoms with van der Waals surface area (Å²) >= 11 is 0. The number of carbonyl (C=O) groups is 3. The summed E-state index contributed by atoms with van der Waals surface area (Å²) in [5.41, 5.74) is 0.242. The van der Waals surface area contributed by atoms with E-state index in [2.05, 4.69) is 5.32 Å². The van der Waals surface area contributed by atoms with Crippen LogP contribution in [0.3, 0.4) is 0 Å². The topological polar surface area (TPSA) is 84.9 Å². The highest BCUT2D eigenvalue weighted by molar-refractivity contribution is 5.94. The van der Waals surface area contributed by atoms with E-state index in [1.807, 2.05) is 37.3 Å². The number of likely N-dealkylation sites (tertiary alicyclic amines) is 1. The van der Waals surface area contributed by atoms with Gasteiger partial charge in [-0.3, -0.25) is 9.59 Å². The Bertz CT molecular complexity index is 668. The molecule has 142 valence electrons. The third kappa shape index (κ3) is 4.53. The lowest BCUT2D eigenvalue weighted by atomic mass is 10.0. The Morgan fingerprint density at radius 1 is 1.23 bits per heavy atom. The molecule has 1 saturated heterocycles. The molecule has 1 aliphatic rings. The highest BCUT2D eigenvalue weighted by atomic mass is 16.6. The van der Waals surface area contributed by atoms with Gasteiger partial charge in [-0.05, 0) is 33.3 Å². The maximum Gasteiger partial charge on any atom is 0.408 e. The molecule has 0 bridgehead atoms. The first-order chi connectivity index (χ1) is 12.1. The van der Waals surface area contributed by atoms with E-state index in [4.69, 9.17) is 9.47 Å². The molecule has 0 aliphatic carbocycles. The van der Waals surface area contributed by atoms with Crippen LogP contribution in [0.2, 0.25) is 0 Å². The normalized spacial score (nSPS) is 21.3. The molecule has 0 saturated carbocycles. The van der Waals surface area contributed by atoms with Crippen molar-refractivity contribution in [2.45, 2.75) is 45.4 Å². The van der Waals surface area contributed by atoms with Crippen molar-refractivity contribution in [3.05, 3.63) is 35.9 Å². The summed E-state index contributed by atoms with van der Waals surface area (Å²) in [5.74, 6) is -1.66. The Balaban J connectivity index is 2.21. The zero-order valence-corrected chi connectivity index (χ0v) is 15.8. The fraction of sp³-hybridized carbons (Fsp3) is 0.526. The molecular formula is C19H26N2O5. The lowest BCUT2D eigenvalue weighted by Crippen LogP contribution is -2.47. The van der Waals surface area contributed by atoms with Crippen LogP contribution in [0.1, 0.15) is 39.3 Å². The molecule has 1 aliphatic heterocycles. The van der Waals surface area contributed by atoms with Gasteiger partial charge in [-0.25, -0.2) is 4.79 Å². The quantitative estimate of drug-likeness (QED) is 0.831. The van der Waals surface area contributed by atoms with Crippen molar-refractivity contribution in [1.82, 2.24) is 10.2 Å². The molecule has 0 spiro atoms. The molecule has 1 N–H and O–H groups in total. The van der Waals surface area contributed by atoms with Gasteiger partial charge in [0, 0.05) is 6.54 Å². The molecule has 3 atom stereocenters. The first kappa shape index (κ1) is 19.8. The summed E-state index contributed by atoms with van der Waals surface area (Å²) in [4.78, 5) is 38.7. The summed E-state index contributed by atoms with van der Waals surface area (Å²) in [7, 11) is 1.26. The minimum atomic E-state index is -1.01. The molecule has 1 aromatic carbocycles. The van der Waals surface area contributed by atoms with Crippen molar-refractivity contribution < 1.29 is 23.9 Å². The standard InChI is InChI=1S/C19H26N2O5/c1-12(13-9-7-6-8-10-13)21-11-14(17(23)25-5)15(16(21)22)20-18(24)26-19(2,3)4/h6-10,12,14-15H,11H2,1-5H3,(H,20,24)/t12-,14-,15+/m0/s1. The van der Waals surface area contributed by atoms with Crippen molar-refractivity contribution >= 4 is 18.0 Å². The van der Waals surface area contributed by atoms with Gasteiger partial charge in [-0.15, -0.1) is 0 Å². The van der Waals surface area contributed by atoms with Crippen LogP contribution in [-0.2, 0) is 19.1 Å². The predicted octanol–water partition coefficient (Wildman–Crippen LogP) is 2.27. The van der Waals surface area contributed by atoms with Gasteiger partial charge in [0.25, 0.3) is 0 Å². The second-order valence-electron chi connectivity index (χ2n) is 7.33. The molecular weight excluding hydrogens is 336 g/mol. The fourth-order valence-electron chi connectivity index (χ4n) is 2.98. The highest BCUT2D eigenvalue weighted by Crippen LogP contribution is 2.29. The summed E-state index contributed by atoms with van der Waals surface area (Å²) in [6.45, 7) is 7.24. The number of amides is 2. The maximum absolute atomic E-state index is 12.9. The largest absolute Gasteiger partial charge is 0.469 e. The van der Waals surface area contributed by atoms with Crippen molar-refractivity contribution in [2.24, 2.45) is 5.92 Å². The zero-order chi connectivity index (χ0) is 19.5. The number of carbonyl (C=O) groups excluding carboxylic acids is 3. The van der Waals surface area contributed by atoms with Crippen LogP contribution < -0.4 is 5.32 Å². The minimum Gasteiger partial charge on any atom is -0.469 e. The molecule has 1 heterocycles.